The van der Waals surface area contributed by atoms with Crippen LogP contribution in [-0.2, 0) is 0 Å². The Morgan fingerprint density at radius 3 is 2.36 bits per heavy atom. The first-order chi connectivity index (χ1) is 5.18. The average molecular weight is 155 g/mol. The van der Waals surface area contributed by atoms with Crippen LogP contribution in [0.2, 0.25) is 0 Å². The predicted molar refractivity (Wildman–Crippen MR) is 49.6 cm³/mol. The summed E-state index contributed by atoms with van der Waals surface area (Å²) in [5.74, 6) is 1.71. The number of rotatable bonds is 5. The third-order valence-electron chi connectivity index (χ3n) is 2.21. The van der Waals surface area contributed by atoms with Crippen LogP contribution in [0.25, 0.3) is 0 Å². The Labute approximate surface area is 70.6 Å². The molecule has 1 nitrogen and oxygen atoms in total. The molecule has 0 aromatic rings. The second-order valence-corrected chi connectivity index (χ2v) is 4.42. The topological polar surface area (TPSA) is 12.0 Å². The summed E-state index contributed by atoms with van der Waals surface area (Å²) >= 11 is 0. The molecule has 0 heterocycles. The summed E-state index contributed by atoms with van der Waals surface area (Å²) in [6.45, 7) is 8.17. The Balaban J connectivity index is 1.95. The normalized spacial score (nSPS) is 20.7. The number of hydrogen-bond acceptors (Lipinski definition) is 1. The maximum absolute atomic E-state index is 3.56. The Morgan fingerprint density at radius 2 is 1.91 bits per heavy atom. The van der Waals surface area contributed by atoms with Crippen LogP contribution in [0.3, 0.4) is 0 Å². The summed E-state index contributed by atoms with van der Waals surface area (Å²) in [6.07, 6.45) is 4.18. The molecule has 1 atom stereocenters. The molecule has 1 fully saturated rings. The van der Waals surface area contributed by atoms with Gasteiger partial charge >= 0.3 is 0 Å². The van der Waals surface area contributed by atoms with Gasteiger partial charge in [-0.3, -0.25) is 0 Å². The average Bonchev–Trinajstić information content (AvgIpc) is 2.63. The maximum Gasteiger partial charge on any atom is 0.00683 e. The quantitative estimate of drug-likeness (QED) is 0.643. The van der Waals surface area contributed by atoms with Gasteiger partial charge in [-0.2, -0.15) is 0 Å². The van der Waals surface area contributed by atoms with Crippen LogP contribution in [0.15, 0.2) is 0 Å². The highest BCUT2D eigenvalue weighted by Crippen LogP contribution is 2.19. The lowest BCUT2D eigenvalue weighted by Crippen LogP contribution is -2.23. The van der Waals surface area contributed by atoms with Gasteiger partial charge in [-0.1, -0.05) is 20.8 Å². The molecule has 1 saturated carbocycles. The standard InChI is InChI=1S/C10H21N/c1-8(2)6-9(3)7-11-10-4-5-10/h8-11H,4-7H2,1-3H3. The van der Waals surface area contributed by atoms with E-state index in [9.17, 15) is 0 Å². The molecular formula is C10H21N. The summed E-state index contributed by atoms with van der Waals surface area (Å²) in [7, 11) is 0. The molecule has 1 rings (SSSR count). The molecule has 1 aliphatic rings. The van der Waals surface area contributed by atoms with Crippen molar-refractivity contribution >= 4 is 0 Å². The van der Waals surface area contributed by atoms with Gasteiger partial charge in [0.2, 0.25) is 0 Å². The number of hydrogen-bond donors (Lipinski definition) is 1. The maximum atomic E-state index is 3.56. The second kappa shape index (κ2) is 4.10. The van der Waals surface area contributed by atoms with Crippen LogP contribution < -0.4 is 5.32 Å². The highest BCUT2D eigenvalue weighted by molar-refractivity contribution is 4.81. The molecule has 11 heavy (non-hydrogen) atoms. The molecule has 0 spiro atoms. The Morgan fingerprint density at radius 1 is 1.27 bits per heavy atom. The van der Waals surface area contributed by atoms with Gasteiger partial charge in [0.1, 0.15) is 0 Å². The minimum absolute atomic E-state index is 0.853. The van der Waals surface area contributed by atoms with Gasteiger partial charge in [0.05, 0.1) is 0 Å². The molecule has 0 aromatic carbocycles. The third kappa shape index (κ3) is 4.41. The van der Waals surface area contributed by atoms with E-state index in [-0.39, 0.29) is 0 Å². The highest BCUT2D eigenvalue weighted by atomic mass is 14.9. The third-order valence-corrected chi connectivity index (χ3v) is 2.21. The van der Waals surface area contributed by atoms with E-state index >= 15 is 0 Å². The SMILES string of the molecule is CC(C)CC(C)CNC1CC1. The minimum Gasteiger partial charge on any atom is -0.314 e. The first-order valence-electron chi connectivity index (χ1n) is 4.92. The summed E-state index contributed by atoms with van der Waals surface area (Å²) < 4.78 is 0. The van der Waals surface area contributed by atoms with Gasteiger partial charge in [-0.25, -0.2) is 0 Å². The first-order valence-corrected chi connectivity index (χ1v) is 4.92. The van der Waals surface area contributed by atoms with Crippen LogP contribution in [0.1, 0.15) is 40.0 Å². The van der Waals surface area contributed by atoms with Crippen LogP contribution in [-0.4, -0.2) is 12.6 Å². The second-order valence-electron chi connectivity index (χ2n) is 4.42. The molecule has 0 saturated heterocycles. The fourth-order valence-corrected chi connectivity index (χ4v) is 1.54. The fraction of sp³-hybridized carbons (Fsp3) is 1.00. The van der Waals surface area contributed by atoms with Crippen LogP contribution in [0, 0.1) is 11.8 Å². The van der Waals surface area contributed by atoms with E-state index in [0.29, 0.717) is 0 Å². The van der Waals surface area contributed by atoms with E-state index in [1.165, 1.54) is 25.8 Å². The van der Waals surface area contributed by atoms with Crippen LogP contribution in [0.5, 0.6) is 0 Å². The number of nitrogens with one attached hydrogen (secondary N) is 1. The monoisotopic (exact) mass is 155 g/mol. The smallest absolute Gasteiger partial charge is 0.00683 e. The molecule has 0 amide bonds. The Kier molecular flexibility index (Phi) is 3.38. The van der Waals surface area contributed by atoms with Gasteiger partial charge in [0.25, 0.3) is 0 Å². The van der Waals surface area contributed by atoms with E-state index < -0.39 is 0 Å². The summed E-state index contributed by atoms with van der Waals surface area (Å²) in [5, 5.41) is 3.56. The Bertz CT molecular complexity index is 105. The molecule has 1 unspecified atom stereocenters. The van der Waals surface area contributed by atoms with Crippen molar-refractivity contribution in [1.29, 1.82) is 0 Å². The summed E-state index contributed by atoms with van der Waals surface area (Å²) in [6, 6.07) is 0.879. The van der Waals surface area contributed by atoms with Crippen molar-refractivity contribution in [3.63, 3.8) is 0 Å². The van der Waals surface area contributed by atoms with Gasteiger partial charge in [-0.05, 0) is 37.6 Å². The summed E-state index contributed by atoms with van der Waals surface area (Å²) in [5.41, 5.74) is 0. The highest BCUT2D eigenvalue weighted by Gasteiger charge is 2.20. The van der Waals surface area contributed by atoms with E-state index in [4.69, 9.17) is 0 Å². The minimum atomic E-state index is 0.853. The molecule has 0 bridgehead atoms. The van der Waals surface area contributed by atoms with Crippen LogP contribution >= 0.6 is 0 Å². The van der Waals surface area contributed by atoms with E-state index in [1.807, 2.05) is 0 Å². The zero-order chi connectivity index (χ0) is 8.27. The molecule has 1 aliphatic carbocycles. The molecule has 66 valence electrons. The van der Waals surface area contributed by atoms with Crippen LogP contribution in [0.4, 0.5) is 0 Å². The first kappa shape index (κ1) is 9.05. The van der Waals surface area contributed by atoms with Gasteiger partial charge in [-0.15, -0.1) is 0 Å². The van der Waals surface area contributed by atoms with E-state index in [1.54, 1.807) is 0 Å². The van der Waals surface area contributed by atoms with Crippen molar-refractivity contribution in [3.8, 4) is 0 Å². The molecular weight excluding hydrogens is 134 g/mol. The molecule has 1 heteroatoms. The molecule has 0 aromatic heterocycles. The largest absolute Gasteiger partial charge is 0.314 e. The van der Waals surface area contributed by atoms with Gasteiger partial charge < -0.3 is 5.32 Å². The lowest BCUT2D eigenvalue weighted by molar-refractivity contribution is 0.413. The van der Waals surface area contributed by atoms with Crippen molar-refractivity contribution in [3.05, 3.63) is 0 Å². The molecule has 0 radical (unpaired) electrons. The lowest BCUT2D eigenvalue weighted by atomic mass is 9.99. The van der Waals surface area contributed by atoms with Crippen molar-refractivity contribution in [2.45, 2.75) is 46.1 Å². The van der Waals surface area contributed by atoms with Crippen molar-refractivity contribution in [1.82, 2.24) is 5.32 Å². The van der Waals surface area contributed by atoms with Crippen molar-refractivity contribution < 1.29 is 0 Å². The zero-order valence-corrected chi connectivity index (χ0v) is 8.06. The van der Waals surface area contributed by atoms with E-state index in [2.05, 4.69) is 26.1 Å². The predicted octanol–water partition coefficient (Wildman–Crippen LogP) is 2.42. The molecule has 1 N–H and O–H groups in total. The van der Waals surface area contributed by atoms with E-state index in [0.717, 1.165) is 17.9 Å². The van der Waals surface area contributed by atoms with Gasteiger partial charge in [0, 0.05) is 6.04 Å². The fourth-order valence-electron chi connectivity index (χ4n) is 1.54. The zero-order valence-electron chi connectivity index (χ0n) is 8.06. The lowest BCUT2D eigenvalue weighted by Gasteiger charge is -2.13. The Hall–Kier alpha value is -0.0400. The van der Waals surface area contributed by atoms with Gasteiger partial charge in [0.15, 0.2) is 0 Å². The summed E-state index contributed by atoms with van der Waals surface area (Å²) in [4.78, 5) is 0. The van der Waals surface area contributed by atoms with Crippen molar-refractivity contribution in [2.75, 3.05) is 6.54 Å². The molecule has 0 aliphatic heterocycles. The van der Waals surface area contributed by atoms with Crippen molar-refractivity contribution in [2.24, 2.45) is 11.8 Å².